The Labute approximate surface area is 291 Å². The summed E-state index contributed by atoms with van der Waals surface area (Å²) in [6.45, 7) is 11.5. The molecule has 0 radical (unpaired) electrons. The average Bonchev–Trinajstić information content (AvgIpc) is 3.05. The molecule has 268 valence electrons. The number of carbonyl (C=O) groups is 3. The standard InChI is InChI=1S/C39H56N4O6/c1-25(2)35-38(47)40-31(33(44)24-43-23-28-12-7-6-11-27(28)22-32(43)37(46)42-39(3,4)5)21-26-15-17-29(18-16-26)48-19-10-20-49-34-14-9-8-13-30(34)36(45)41-35/h8-9,13-18,25,27-28,31-33,35,44H,6-7,10-12,19-24H2,1-5H3,(H,40,47)(H,41,45)(H,42,46)/t27-,28+,31-,32-,33+,35-/m0/s1. The van der Waals surface area contributed by atoms with Gasteiger partial charge < -0.3 is 30.5 Å². The molecular formula is C39H56N4O6. The molecule has 4 N–H and O–H groups in total. The molecule has 2 aromatic rings. The Bertz CT molecular complexity index is 1420. The van der Waals surface area contributed by atoms with E-state index < -0.39 is 24.1 Å². The molecule has 0 spiro atoms. The number of hydrogen-bond donors (Lipinski definition) is 4. The lowest BCUT2D eigenvalue weighted by Gasteiger charge is -2.47. The summed E-state index contributed by atoms with van der Waals surface area (Å²) in [5.74, 6) is 1.12. The quantitative estimate of drug-likeness (QED) is 0.368. The first kappa shape index (κ1) is 36.6. The molecular weight excluding hydrogens is 620 g/mol. The van der Waals surface area contributed by atoms with Gasteiger partial charge in [0.15, 0.2) is 0 Å². The number of ether oxygens (including phenoxy) is 2. The lowest BCUT2D eigenvalue weighted by Crippen LogP contribution is -2.61. The number of β-amino-alcohol motifs (C(OH)–C–C–N with tert-alkyl or cyclic N) is 1. The third kappa shape index (κ3) is 9.97. The van der Waals surface area contributed by atoms with Crippen LogP contribution in [0, 0.1) is 17.8 Å². The molecule has 6 rings (SSSR count). The second-order valence-corrected chi connectivity index (χ2v) is 15.5. The van der Waals surface area contributed by atoms with E-state index in [4.69, 9.17) is 9.47 Å². The number of rotatable bonds is 5. The van der Waals surface area contributed by atoms with E-state index in [9.17, 15) is 19.5 Å². The largest absolute Gasteiger partial charge is 0.493 e. The average molecular weight is 677 g/mol. The summed E-state index contributed by atoms with van der Waals surface area (Å²) in [6.07, 6.45) is 5.42. The summed E-state index contributed by atoms with van der Waals surface area (Å²) in [6, 6.07) is 12.8. The number of aliphatic hydroxyl groups excluding tert-OH is 1. The van der Waals surface area contributed by atoms with Gasteiger partial charge in [0, 0.05) is 25.0 Å². The Hall–Kier alpha value is -3.63. The van der Waals surface area contributed by atoms with Crippen LogP contribution in [-0.4, -0.2) is 83.8 Å². The predicted octanol–water partition coefficient (Wildman–Crippen LogP) is 4.49. The number of benzene rings is 2. The lowest BCUT2D eigenvalue weighted by molar-refractivity contribution is -0.133. The summed E-state index contributed by atoms with van der Waals surface area (Å²) < 4.78 is 11.9. The molecule has 3 aliphatic heterocycles. The molecule has 10 heteroatoms. The second kappa shape index (κ2) is 16.4. The molecule has 0 unspecified atom stereocenters. The van der Waals surface area contributed by atoms with Crippen molar-refractivity contribution < 1.29 is 29.0 Å². The minimum atomic E-state index is -0.979. The van der Waals surface area contributed by atoms with Crippen molar-refractivity contribution in [2.45, 2.75) is 109 Å². The van der Waals surface area contributed by atoms with E-state index in [0.29, 0.717) is 55.0 Å². The molecule has 1 saturated carbocycles. The van der Waals surface area contributed by atoms with Crippen molar-refractivity contribution in [2.24, 2.45) is 17.8 Å². The van der Waals surface area contributed by atoms with Crippen molar-refractivity contribution in [2.75, 3.05) is 26.3 Å². The molecule has 3 heterocycles. The Balaban J connectivity index is 1.41. The number of hydrogen-bond acceptors (Lipinski definition) is 7. The molecule has 2 fully saturated rings. The normalized spacial score (nSPS) is 26.5. The smallest absolute Gasteiger partial charge is 0.255 e. The number of para-hydroxylation sites is 1. The minimum absolute atomic E-state index is 0.0140. The van der Waals surface area contributed by atoms with Gasteiger partial charge in [0.1, 0.15) is 17.5 Å². The zero-order valence-electron chi connectivity index (χ0n) is 29.9. The maximum Gasteiger partial charge on any atom is 0.255 e. The molecule has 2 bridgehead atoms. The van der Waals surface area contributed by atoms with Crippen molar-refractivity contribution in [3.63, 3.8) is 0 Å². The van der Waals surface area contributed by atoms with Gasteiger partial charge in [-0.3, -0.25) is 19.3 Å². The molecule has 2 aromatic carbocycles. The van der Waals surface area contributed by atoms with E-state index in [2.05, 4.69) is 20.9 Å². The Morgan fingerprint density at radius 3 is 2.37 bits per heavy atom. The second-order valence-electron chi connectivity index (χ2n) is 15.5. The van der Waals surface area contributed by atoms with Crippen molar-refractivity contribution >= 4 is 17.7 Å². The molecule has 1 saturated heterocycles. The summed E-state index contributed by atoms with van der Waals surface area (Å²) >= 11 is 0. The van der Waals surface area contributed by atoms with E-state index in [-0.39, 0.29) is 35.9 Å². The van der Waals surface area contributed by atoms with Crippen LogP contribution in [0.15, 0.2) is 48.5 Å². The Morgan fingerprint density at radius 1 is 0.959 bits per heavy atom. The topological polar surface area (TPSA) is 129 Å². The van der Waals surface area contributed by atoms with E-state index in [1.54, 1.807) is 18.2 Å². The zero-order chi connectivity index (χ0) is 35.1. The molecule has 1 aliphatic carbocycles. The van der Waals surface area contributed by atoms with Gasteiger partial charge in [-0.15, -0.1) is 0 Å². The summed E-state index contributed by atoms with van der Waals surface area (Å²) in [4.78, 5) is 43.4. The fourth-order valence-corrected chi connectivity index (χ4v) is 7.49. The number of nitrogens with one attached hydrogen (secondary N) is 3. The SMILES string of the molecule is CC(C)[C@@H]1NC(=O)c2ccccc2OCCCOc2ccc(cc2)C[C@@H]([C@H](O)CN2C[C@H]3CCCC[C@H]3C[C@H]2C(=O)NC(C)(C)C)NC1=O. The molecule has 49 heavy (non-hydrogen) atoms. The maximum atomic E-state index is 14.0. The van der Waals surface area contributed by atoms with Crippen LogP contribution >= 0.6 is 0 Å². The number of aliphatic hydroxyl groups is 1. The Kier molecular flexibility index (Phi) is 12.3. The number of fused-ring (bicyclic) bond motifs is 13. The molecule has 10 nitrogen and oxygen atoms in total. The molecule has 3 amide bonds. The summed E-state index contributed by atoms with van der Waals surface area (Å²) in [5, 5.41) is 21.2. The first-order valence-corrected chi connectivity index (χ1v) is 18.2. The molecule has 6 atom stereocenters. The third-order valence-corrected chi connectivity index (χ3v) is 10.1. The highest BCUT2D eigenvalue weighted by Gasteiger charge is 2.42. The van der Waals surface area contributed by atoms with Crippen molar-refractivity contribution in [1.82, 2.24) is 20.9 Å². The number of piperidine rings is 1. The summed E-state index contributed by atoms with van der Waals surface area (Å²) in [5.41, 5.74) is 0.895. The number of carbonyl (C=O) groups excluding carboxylic acids is 3. The van der Waals surface area contributed by atoms with Crippen LogP contribution in [-0.2, 0) is 16.0 Å². The predicted molar refractivity (Wildman–Crippen MR) is 190 cm³/mol. The van der Waals surface area contributed by atoms with Crippen molar-refractivity contribution in [1.29, 1.82) is 0 Å². The molecule has 4 aliphatic rings. The van der Waals surface area contributed by atoms with Crippen LogP contribution in [0.2, 0.25) is 0 Å². The van der Waals surface area contributed by atoms with Gasteiger partial charge >= 0.3 is 0 Å². The van der Waals surface area contributed by atoms with Crippen molar-refractivity contribution in [3.05, 3.63) is 59.7 Å². The first-order chi connectivity index (χ1) is 23.4. The fourth-order valence-electron chi connectivity index (χ4n) is 7.49. The van der Waals surface area contributed by atoms with Gasteiger partial charge in [-0.2, -0.15) is 0 Å². The maximum absolute atomic E-state index is 14.0. The van der Waals surface area contributed by atoms with Crippen LogP contribution in [0.3, 0.4) is 0 Å². The highest BCUT2D eigenvalue weighted by molar-refractivity contribution is 5.99. The number of nitrogens with zero attached hydrogens (tertiary/aromatic N) is 1. The minimum Gasteiger partial charge on any atom is -0.493 e. The zero-order valence-corrected chi connectivity index (χ0v) is 29.9. The van der Waals surface area contributed by atoms with Gasteiger partial charge in [0.25, 0.3) is 5.91 Å². The van der Waals surface area contributed by atoms with E-state index in [1.807, 2.05) is 65.0 Å². The van der Waals surface area contributed by atoms with Gasteiger partial charge in [0.2, 0.25) is 11.8 Å². The fraction of sp³-hybridized carbons (Fsp3) is 0.615. The van der Waals surface area contributed by atoms with E-state index in [1.165, 1.54) is 12.8 Å². The number of likely N-dealkylation sites (tertiary alicyclic amines) is 1. The van der Waals surface area contributed by atoms with Gasteiger partial charge in [-0.25, -0.2) is 0 Å². The van der Waals surface area contributed by atoms with Gasteiger partial charge in [0.05, 0.1) is 37.0 Å². The van der Waals surface area contributed by atoms with Crippen molar-refractivity contribution in [3.8, 4) is 11.5 Å². The third-order valence-electron chi connectivity index (χ3n) is 10.1. The van der Waals surface area contributed by atoms with Gasteiger partial charge in [-0.05, 0) is 87.6 Å². The van der Waals surface area contributed by atoms with Crippen LogP contribution in [0.5, 0.6) is 11.5 Å². The van der Waals surface area contributed by atoms with Crippen LogP contribution in [0.25, 0.3) is 0 Å². The van der Waals surface area contributed by atoms with Gasteiger partial charge in [-0.1, -0.05) is 57.4 Å². The first-order valence-electron chi connectivity index (χ1n) is 18.2. The number of amides is 3. The highest BCUT2D eigenvalue weighted by Crippen LogP contribution is 2.39. The van der Waals surface area contributed by atoms with Crippen LogP contribution in [0.4, 0.5) is 0 Å². The van der Waals surface area contributed by atoms with E-state index in [0.717, 1.165) is 31.4 Å². The molecule has 0 aromatic heterocycles. The van der Waals surface area contributed by atoms with Crippen LogP contribution < -0.4 is 25.4 Å². The lowest BCUT2D eigenvalue weighted by atomic mass is 9.72. The highest BCUT2D eigenvalue weighted by atomic mass is 16.5. The van der Waals surface area contributed by atoms with E-state index >= 15 is 0 Å². The monoisotopic (exact) mass is 676 g/mol. The van der Waals surface area contributed by atoms with Crippen LogP contribution in [0.1, 0.15) is 89.1 Å². The summed E-state index contributed by atoms with van der Waals surface area (Å²) in [7, 11) is 0. The Morgan fingerprint density at radius 2 is 1.65 bits per heavy atom.